The van der Waals surface area contributed by atoms with Crippen LogP contribution in [0.3, 0.4) is 0 Å². The lowest BCUT2D eigenvalue weighted by Gasteiger charge is -2.59. The highest BCUT2D eigenvalue weighted by Crippen LogP contribution is 2.72. The largest absolute Gasteiger partial charge is 0.393 e. The van der Waals surface area contributed by atoms with E-state index in [0.29, 0.717) is 17.6 Å². The molecule has 0 radical (unpaired) electrons. The standard InChI is InChI=1S/C19H28O3/c1-17-8-6-13-11(12(17)3-4-15(17)21)5-10-19-16(22-19)14(20)7-9-18(13,19)2/h11-13,15-16,21H,3-10H2,1-2H3/t11?,12?,13?,15?,16?,17-,18+,19?/m0/s1. The summed E-state index contributed by atoms with van der Waals surface area (Å²) in [6.45, 7) is 4.75. The molecule has 3 nitrogen and oxygen atoms in total. The van der Waals surface area contributed by atoms with Crippen molar-refractivity contribution in [3.05, 3.63) is 0 Å². The molecule has 3 heteroatoms. The lowest BCUT2D eigenvalue weighted by molar-refractivity contribution is -0.133. The van der Waals surface area contributed by atoms with Gasteiger partial charge in [-0.25, -0.2) is 0 Å². The monoisotopic (exact) mass is 304 g/mol. The fraction of sp³-hybridized carbons (Fsp3) is 0.947. The number of aliphatic hydroxyl groups is 1. The number of epoxide rings is 1. The number of carbonyl (C=O) groups excluding carboxylic acids is 1. The first-order chi connectivity index (χ1) is 10.4. The Labute approximate surface area is 132 Å². The van der Waals surface area contributed by atoms with Crippen molar-refractivity contribution in [1.82, 2.24) is 0 Å². The van der Waals surface area contributed by atoms with Crippen molar-refractivity contribution in [2.45, 2.75) is 83.0 Å². The van der Waals surface area contributed by atoms with Gasteiger partial charge in [-0.15, -0.1) is 0 Å². The van der Waals surface area contributed by atoms with Crippen LogP contribution < -0.4 is 0 Å². The van der Waals surface area contributed by atoms with E-state index in [0.717, 1.165) is 38.0 Å². The van der Waals surface area contributed by atoms with Gasteiger partial charge in [0.05, 0.1) is 6.10 Å². The van der Waals surface area contributed by atoms with Crippen LogP contribution in [-0.4, -0.2) is 28.7 Å². The van der Waals surface area contributed by atoms with Crippen LogP contribution in [0.4, 0.5) is 0 Å². The fourth-order valence-electron chi connectivity index (χ4n) is 7.47. The number of ketones is 1. The molecule has 22 heavy (non-hydrogen) atoms. The molecular weight excluding hydrogens is 276 g/mol. The smallest absolute Gasteiger partial charge is 0.164 e. The van der Waals surface area contributed by atoms with Gasteiger partial charge in [-0.1, -0.05) is 13.8 Å². The fourth-order valence-corrected chi connectivity index (χ4v) is 7.47. The minimum absolute atomic E-state index is 0.0744. The second kappa shape index (κ2) is 3.97. The summed E-state index contributed by atoms with van der Waals surface area (Å²) in [5.41, 5.74) is 0.244. The van der Waals surface area contributed by atoms with Gasteiger partial charge in [-0.3, -0.25) is 4.79 Å². The van der Waals surface area contributed by atoms with E-state index in [1.807, 2.05) is 0 Å². The lowest BCUT2D eigenvalue weighted by atomic mass is 9.45. The summed E-state index contributed by atoms with van der Waals surface area (Å²) in [6, 6.07) is 0. The number of hydrogen-bond acceptors (Lipinski definition) is 3. The van der Waals surface area contributed by atoms with Crippen molar-refractivity contribution in [3.63, 3.8) is 0 Å². The summed E-state index contributed by atoms with van der Waals surface area (Å²) < 4.78 is 6.09. The van der Waals surface area contributed by atoms with E-state index in [1.54, 1.807) is 0 Å². The SMILES string of the molecule is C[C@]12CCC3C(CCC45OC4C(=O)CC[C@]35C)C1CCC2O. The molecule has 1 spiro atoms. The summed E-state index contributed by atoms with van der Waals surface area (Å²) in [4.78, 5) is 12.1. The van der Waals surface area contributed by atoms with Gasteiger partial charge in [0.2, 0.25) is 0 Å². The highest BCUT2D eigenvalue weighted by molar-refractivity contribution is 5.88. The molecule has 1 aliphatic heterocycles. The summed E-state index contributed by atoms with van der Waals surface area (Å²) >= 11 is 0. The summed E-state index contributed by atoms with van der Waals surface area (Å²) in [7, 11) is 0. The van der Waals surface area contributed by atoms with Gasteiger partial charge in [-0.05, 0) is 68.1 Å². The van der Waals surface area contributed by atoms with Crippen molar-refractivity contribution in [1.29, 1.82) is 0 Å². The second-order valence-corrected chi connectivity index (χ2v) is 9.32. The van der Waals surface area contributed by atoms with Crippen LogP contribution in [0.25, 0.3) is 0 Å². The van der Waals surface area contributed by atoms with E-state index in [-0.39, 0.29) is 28.6 Å². The molecule has 1 saturated heterocycles. The maximum atomic E-state index is 12.1. The first-order valence-electron chi connectivity index (χ1n) is 9.31. The van der Waals surface area contributed by atoms with Crippen LogP contribution in [0, 0.1) is 28.6 Å². The number of aliphatic hydroxyl groups excluding tert-OH is 1. The zero-order valence-electron chi connectivity index (χ0n) is 13.8. The second-order valence-electron chi connectivity index (χ2n) is 9.32. The number of hydrogen-bond donors (Lipinski definition) is 1. The molecule has 0 bridgehead atoms. The third kappa shape index (κ3) is 1.36. The molecule has 0 aromatic rings. The molecule has 6 unspecified atom stereocenters. The first kappa shape index (κ1) is 14.0. The topological polar surface area (TPSA) is 49.8 Å². The molecule has 4 saturated carbocycles. The highest BCUT2D eigenvalue weighted by atomic mass is 16.6. The minimum Gasteiger partial charge on any atom is -0.393 e. The molecule has 0 amide bonds. The van der Waals surface area contributed by atoms with Gasteiger partial charge < -0.3 is 9.84 Å². The van der Waals surface area contributed by atoms with Gasteiger partial charge >= 0.3 is 0 Å². The normalized spacial score (nSPS) is 62.7. The van der Waals surface area contributed by atoms with Crippen molar-refractivity contribution < 1.29 is 14.6 Å². The minimum atomic E-state index is -0.103. The predicted molar refractivity (Wildman–Crippen MR) is 82.2 cm³/mol. The van der Waals surface area contributed by atoms with Crippen molar-refractivity contribution in [3.8, 4) is 0 Å². The van der Waals surface area contributed by atoms with E-state index >= 15 is 0 Å². The molecule has 0 aromatic carbocycles. The Morgan fingerprint density at radius 3 is 2.68 bits per heavy atom. The quantitative estimate of drug-likeness (QED) is 0.700. The maximum Gasteiger partial charge on any atom is 0.164 e. The van der Waals surface area contributed by atoms with Gasteiger partial charge in [0.25, 0.3) is 0 Å². The van der Waals surface area contributed by atoms with Crippen LogP contribution in [-0.2, 0) is 9.53 Å². The molecule has 5 fully saturated rings. The van der Waals surface area contributed by atoms with E-state index < -0.39 is 0 Å². The summed E-state index contributed by atoms with van der Waals surface area (Å²) in [5, 5.41) is 10.5. The predicted octanol–water partition coefficient (Wildman–Crippen LogP) is 3.09. The third-order valence-corrected chi connectivity index (χ3v) is 8.90. The van der Waals surface area contributed by atoms with Gasteiger partial charge in [0, 0.05) is 11.8 Å². The molecule has 8 atom stereocenters. The number of carbonyl (C=O) groups is 1. The van der Waals surface area contributed by atoms with Gasteiger partial charge in [0.15, 0.2) is 5.78 Å². The Kier molecular flexibility index (Phi) is 2.52. The lowest BCUT2D eigenvalue weighted by Crippen LogP contribution is -2.58. The van der Waals surface area contributed by atoms with E-state index in [4.69, 9.17) is 4.74 Å². The molecule has 5 aliphatic rings. The maximum absolute atomic E-state index is 12.1. The molecule has 4 aliphatic carbocycles. The summed E-state index contributed by atoms with van der Waals surface area (Å²) in [5.74, 6) is 2.48. The number of ether oxygens (including phenoxy) is 1. The zero-order chi connectivity index (χ0) is 15.3. The molecule has 1 N–H and O–H groups in total. The number of rotatable bonds is 0. The highest BCUT2D eigenvalue weighted by Gasteiger charge is 2.76. The molecular formula is C19H28O3. The average molecular weight is 304 g/mol. The zero-order valence-corrected chi connectivity index (χ0v) is 13.8. The Balaban J connectivity index is 1.51. The van der Waals surface area contributed by atoms with Crippen LogP contribution >= 0.6 is 0 Å². The molecule has 0 aromatic heterocycles. The van der Waals surface area contributed by atoms with Crippen molar-refractivity contribution >= 4 is 5.78 Å². The first-order valence-corrected chi connectivity index (χ1v) is 9.31. The molecule has 1 heterocycles. The van der Waals surface area contributed by atoms with Crippen molar-refractivity contribution in [2.24, 2.45) is 28.6 Å². The van der Waals surface area contributed by atoms with Gasteiger partial charge in [0.1, 0.15) is 11.7 Å². The third-order valence-electron chi connectivity index (χ3n) is 8.90. The Morgan fingerprint density at radius 1 is 1.05 bits per heavy atom. The molecule has 5 rings (SSSR count). The Hall–Kier alpha value is -0.410. The number of fused-ring (bicyclic) bond motifs is 4. The Morgan fingerprint density at radius 2 is 1.86 bits per heavy atom. The van der Waals surface area contributed by atoms with Crippen LogP contribution in [0.15, 0.2) is 0 Å². The van der Waals surface area contributed by atoms with Crippen molar-refractivity contribution in [2.75, 3.05) is 0 Å². The van der Waals surface area contributed by atoms with Crippen LogP contribution in [0.5, 0.6) is 0 Å². The molecule has 122 valence electrons. The van der Waals surface area contributed by atoms with E-state index in [9.17, 15) is 9.90 Å². The Bertz CT molecular complexity index is 545. The summed E-state index contributed by atoms with van der Waals surface area (Å²) in [6.07, 6.45) is 8.42. The van der Waals surface area contributed by atoms with Gasteiger partial charge in [-0.2, -0.15) is 0 Å². The average Bonchev–Trinajstić information content (AvgIpc) is 3.17. The van der Waals surface area contributed by atoms with E-state index in [2.05, 4.69) is 13.8 Å². The van der Waals surface area contributed by atoms with E-state index in [1.165, 1.54) is 19.3 Å². The van der Waals surface area contributed by atoms with Crippen LogP contribution in [0.2, 0.25) is 0 Å². The number of Topliss-reactive ketones (excluding diaryl/α,β-unsaturated/α-hetero) is 1. The van der Waals surface area contributed by atoms with Crippen LogP contribution in [0.1, 0.15) is 65.2 Å².